The van der Waals surface area contributed by atoms with E-state index in [4.69, 9.17) is 9.84 Å². The second kappa shape index (κ2) is 7.49. The topological polar surface area (TPSA) is 87.1 Å². The van der Waals surface area contributed by atoms with Gasteiger partial charge in [-0.25, -0.2) is 9.59 Å². The van der Waals surface area contributed by atoms with Crippen LogP contribution in [0.1, 0.15) is 19.4 Å². The maximum absolute atomic E-state index is 11.9. The molecule has 1 rings (SSSR count). The third-order valence-corrected chi connectivity index (χ3v) is 2.83. The molecule has 0 spiro atoms. The molecule has 0 bridgehead atoms. The lowest BCUT2D eigenvalue weighted by molar-refractivity contribution is -0.146. The summed E-state index contributed by atoms with van der Waals surface area (Å²) in [6.45, 7) is 3.14. The second-order valence-electron chi connectivity index (χ2n) is 4.35. The minimum absolute atomic E-state index is 0.0579. The van der Waals surface area contributed by atoms with E-state index in [9.17, 15) is 14.7 Å². The van der Waals surface area contributed by atoms with Gasteiger partial charge in [-0.3, -0.25) is 4.90 Å². The maximum Gasteiger partial charge on any atom is 0.410 e. The van der Waals surface area contributed by atoms with Crippen LogP contribution in [0.5, 0.6) is 0 Å². The Morgan fingerprint density at radius 3 is 2.35 bits per heavy atom. The summed E-state index contributed by atoms with van der Waals surface area (Å²) in [6, 6.07) is 7.76. The molecule has 110 valence electrons. The van der Waals surface area contributed by atoms with Crippen LogP contribution in [0.3, 0.4) is 0 Å². The van der Waals surface area contributed by atoms with Crippen LogP contribution < -0.4 is 0 Å². The van der Waals surface area contributed by atoms with Crippen molar-refractivity contribution in [2.24, 2.45) is 0 Å². The molecule has 6 heteroatoms. The Morgan fingerprint density at radius 1 is 1.30 bits per heavy atom. The van der Waals surface area contributed by atoms with Gasteiger partial charge in [0.05, 0.1) is 6.10 Å². The van der Waals surface area contributed by atoms with Crippen LogP contribution in [0.25, 0.3) is 0 Å². The number of nitrogens with zero attached hydrogens (tertiary/aromatic N) is 1. The summed E-state index contributed by atoms with van der Waals surface area (Å²) in [4.78, 5) is 24.0. The van der Waals surface area contributed by atoms with Crippen molar-refractivity contribution in [2.45, 2.75) is 32.6 Å². The summed E-state index contributed by atoms with van der Waals surface area (Å²) in [6.07, 6.45) is -1.94. The fraction of sp³-hybridized carbons (Fsp3) is 0.429. The van der Waals surface area contributed by atoms with Crippen molar-refractivity contribution in [1.29, 1.82) is 0 Å². The summed E-state index contributed by atoms with van der Waals surface area (Å²) in [5.74, 6) is -1.27. The van der Waals surface area contributed by atoms with Crippen LogP contribution in [0.15, 0.2) is 30.3 Å². The average molecular weight is 281 g/mol. The lowest BCUT2D eigenvalue weighted by Gasteiger charge is -2.28. The molecule has 0 aliphatic heterocycles. The number of amides is 1. The second-order valence-corrected chi connectivity index (χ2v) is 4.35. The Balaban J connectivity index is 2.69. The van der Waals surface area contributed by atoms with E-state index in [-0.39, 0.29) is 13.2 Å². The summed E-state index contributed by atoms with van der Waals surface area (Å²) < 4.78 is 5.07. The van der Waals surface area contributed by atoms with Gasteiger partial charge in [-0.2, -0.15) is 0 Å². The maximum atomic E-state index is 11.9. The number of hydrogen-bond donors (Lipinski definition) is 2. The molecule has 0 fully saturated rings. The fourth-order valence-corrected chi connectivity index (χ4v) is 1.84. The summed E-state index contributed by atoms with van der Waals surface area (Å²) in [7, 11) is 0. The number of aliphatic hydroxyl groups is 1. The fourth-order valence-electron chi connectivity index (χ4n) is 1.84. The van der Waals surface area contributed by atoms with Crippen molar-refractivity contribution >= 4 is 12.1 Å². The number of rotatable bonds is 6. The predicted molar refractivity (Wildman–Crippen MR) is 72.1 cm³/mol. The Hall–Kier alpha value is -2.08. The number of carbonyl (C=O) groups is 2. The number of ether oxygens (including phenoxy) is 1. The lowest BCUT2D eigenvalue weighted by atomic mass is 10.1. The number of hydrogen-bond acceptors (Lipinski definition) is 4. The molecule has 0 aliphatic rings. The monoisotopic (exact) mass is 281 g/mol. The molecule has 2 N–H and O–H groups in total. The molecule has 0 saturated heterocycles. The zero-order valence-electron chi connectivity index (χ0n) is 11.5. The van der Waals surface area contributed by atoms with Gasteiger partial charge >= 0.3 is 12.1 Å². The highest BCUT2D eigenvalue weighted by Gasteiger charge is 2.33. The number of aliphatic hydroxyl groups excluding tert-OH is 1. The Kier molecular flexibility index (Phi) is 5.99. The van der Waals surface area contributed by atoms with E-state index in [2.05, 4.69) is 0 Å². The van der Waals surface area contributed by atoms with Crippen molar-refractivity contribution in [3.05, 3.63) is 35.9 Å². The highest BCUT2D eigenvalue weighted by molar-refractivity contribution is 5.80. The molecule has 2 atom stereocenters. The van der Waals surface area contributed by atoms with Crippen molar-refractivity contribution in [3.63, 3.8) is 0 Å². The van der Waals surface area contributed by atoms with Crippen molar-refractivity contribution in [1.82, 2.24) is 4.90 Å². The number of carboxylic acids is 1. The largest absolute Gasteiger partial charge is 0.480 e. The molecule has 20 heavy (non-hydrogen) atoms. The Labute approximate surface area is 117 Å². The molecule has 0 radical (unpaired) electrons. The smallest absolute Gasteiger partial charge is 0.410 e. The minimum Gasteiger partial charge on any atom is -0.480 e. The van der Waals surface area contributed by atoms with E-state index in [1.807, 2.05) is 18.2 Å². The van der Waals surface area contributed by atoms with E-state index in [0.717, 1.165) is 10.5 Å². The van der Waals surface area contributed by atoms with Gasteiger partial charge in [0.2, 0.25) is 0 Å². The summed E-state index contributed by atoms with van der Waals surface area (Å²) in [5, 5.41) is 18.6. The molecular formula is C14H19NO5. The highest BCUT2D eigenvalue weighted by Crippen LogP contribution is 2.10. The van der Waals surface area contributed by atoms with E-state index in [1.54, 1.807) is 19.1 Å². The predicted octanol–water partition coefficient (Wildman–Crippen LogP) is 1.48. The molecule has 0 heterocycles. The number of aliphatic carboxylic acids is 1. The number of carbonyl (C=O) groups excluding carboxylic acids is 1. The normalized spacial score (nSPS) is 13.3. The molecule has 6 nitrogen and oxygen atoms in total. The molecule has 1 amide bonds. The third kappa shape index (κ3) is 4.24. The molecule has 1 aromatic rings. The first-order valence-corrected chi connectivity index (χ1v) is 6.35. The van der Waals surface area contributed by atoms with E-state index in [1.165, 1.54) is 6.92 Å². The van der Waals surface area contributed by atoms with Crippen LogP contribution in [-0.2, 0) is 16.1 Å². The van der Waals surface area contributed by atoms with Crippen LogP contribution in [0, 0.1) is 0 Å². The Bertz CT molecular complexity index is 446. The zero-order valence-corrected chi connectivity index (χ0v) is 11.5. The van der Waals surface area contributed by atoms with Crippen LogP contribution in [0.4, 0.5) is 4.79 Å². The third-order valence-electron chi connectivity index (χ3n) is 2.83. The van der Waals surface area contributed by atoms with Gasteiger partial charge in [-0.1, -0.05) is 30.3 Å². The van der Waals surface area contributed by atoms with Gasteiger partial charge in [-0.05, 0) is 19.4 Å². The summed E-state index contributed by atoms with van der Waals surface area (Å²) in [5.41, 5.74) is 0.806. The van der Waals surface area contributed by atoms with Crippen molar-refractivity contribution < 1.29 is 24.5 Å². The molecule has 0 unspecified atom stereocenters. The summed E-state index contributed by atoms with van der Waals surface area (Å²) >= 11 is 0. The van der Waals surface area contributed by atoms with Gasteiger partial charge in [0, 0.05) is 6.54 Å². The molecule has 1 aromatic carbocycles. The van der Waals surface area contributed by atoms with Crippen LogP contribution in [0.2, 0.25) is 0 Å². The first-order valence-electron chi connectivity index (χ1n) is 6.35. The van der Waals surface area contributed by atoms with E-state index in [0.29, 0.717) is 0 Å². The number of likely N-dealkylation sites (N-methyl/N-ethyl adjacent to an activating group) is 1. The molecule has 0 aliphatic carbocycles. The quantitative estimate of drug-likeness (QED) is 0.824. The zero-order chi connectivity index (χ0) is 15.1. The van der Waals surface area contributed by atoms with Gasteiger partial charge in [0.1, 0.15) is 6.61 Å². The highest BCUT2D eigenvalue weighted by atomic mass is 16.6. The van der Waals surface area contributed by atoms with E-state index >= 15 is 0 Å². The molecule has 0 saturated carbocycles. The van der Waals surface area contributed by atoms with Crippen LogP contribution in [-0.4, -0.2) is 45.9 Å². The van der Waals surface area contributed by atoms with Crippen molar-refractivity contribution in [2.75, 3.05) is 6.54 Å². The molecular weight excluding hydrogens is 262 g/mol. The van der Waals surface area contributed by atoms with Gasteiger partial charge < -0.3 is 14.9 Å². The van der Waals surface area contributed by atoms with Gasteiger partial charge in [0.15, 0.2) is 6.04 Å². The minimum atomic E-state index is -1.32. The first kappa shape index (κ1) is 16.0. The van der Waals surface area contributed by atoms with Gasteiger partial charge in [-0.15, -0.1) is 0 Å². The van der Waals surface area contributed by atoms with Crippen LogP contribution >= 0.6 is 0 Å². The van der Waals surface area contributed by atoms with Crippen molar-refractivity contribution in [3.8, 4) is 0 Å². The lowest BCUT2D eigenvalue weighted by Crippen LogP contribution is -2.50. The number of benzene rings is 1. The SMILES string of the molecule is CCN(C(=O)OCc1ccccc1)[C@H](C(=O)O)[C@@H](C)O. The first-order chi connectivity index (χ1) is 9.47. The Morgan fingerprint density at radius 2 is 1.90 bits per heavy atom. The molecule has 0 aromatic heterocycles. The standard InChI is InChI=1S/C14H19NO5/c1-3-15(12(10(2)16)13(17)18)14(19)20-9-11-7-5-4-6-8-11/h4-8,10,12,16H,3,9H2,1-2H3,(H,17,18)/t10-,12+/m1/s1. The number of carboxylic acid groups (broad SMARTS) is 1. The van der Waals surface area contributed by atoms with Gasteiger partial charge in [0.25, 0.3) is 0 Å². The van der Waals surface area contributed by atoms with E-state index < -0.39 is 24.2 Å². The average Bonchev–Trinajstić information content (AvgIpc) is 2.42.